The van der Waals surface area contributed by atoms with Crippen molar-refractivity contribution in [3.8, 4) is 0 Å². The van der Waals surface area contributed by atoms with Gasteiger partial charge in [0.25, 0.3) is 0 Å². The first-order chi connectivity index (χ1) is 7.66. The van der Waals surface area contributed by atoms with Gasteiger partial charge < -0.3 is 10.2 Å². The third-order valence-corrected chi connectivity index (χ3v) is 2.41. The van der Waals surface area contributed by atoms with Gasteiger partial charge >= 0.3 is 6.03 Å². The maximum Gasteiger partial charge on any atom is 0.321 e. The second kappa shape index (κ2) is 4.23. The molecule has 3 nitrogen and oxygen atoms in total. The van der Waals surface area contributed by atoms with Gasteiger partial charge in [-0.05, 0) is 22.9 Å². The molecule has 0 heterocycles. The molecule has 0 radical (unpaired) electrons. The molecule has 0 aliphatic heterocycles. The summed E-state index contributed by atoms with van der Waals surface area (Å²) in [6.45, 7) is 0. The number of fused-ring (bicyclic) bond motifs is 1. The number of anilines is 1. The van der Waals surface area contributed by atoms with E-state index in [2.05, 4.69) is 5.32 Å². The van der Waals surface area contributed by atoms with E-state index in [0.717, 1.165) is 11.1 Å². The van der Waals surface area contributed by atoms with Crippen molar-refractivity contribution in [2.45, 2.75) is 0 Å². The smallest absolute Gasteiger partial charge is 0.321 e. The summed E-state index contributed by atoms with van der Waals surface area (Å²) in [6.07, 6.45) is 0. The van der Waals surface area contributed by atoms with Crippen molar-refractivity contribution >= 4 is 22.5 Å². The van der Waals surface area contributed by atoms with Crippen molar-refractivity contribution in [3.63, 3.8) is 0 Å². The predicted octanol–water partition coefficient (Wildman–Crippen LogP) is 2.93. The summed E-state index contributed by atoms with van der Waals surface area (Å²) in [5, 5.41) is 5.12. The Morgan fingerprint density at radius 2 is 1.75 bits per heavy atom. The normalized spacial score (nSPS) is 10.1. The van der Waals surface area contributed by atoms with E-state index in [1.165, 1.54) is 10.3 Å². The number of carbonyl (C=O) groups is 1. The molecule has 82 valence electrons. The molecule has 0 fully saturated rings. The number of carbonyl (C=O) groups excluding carboxylic acids is 1. The lowest BCUT2D eigenvalue weighted by Crippen LogP contribution is -2.27. The second-order valence-electron chi connectivity index (χ2n) is 3.89. The van der Waals surface area contributed by atoms with Crippen molar-refractivity contribution in [1.82, 2.24) is 4.90 Å². The molecule has 0 aliphatic rings. The van der Waals surface area contributed by atoms with Crippen LogP contribution in [0, 0.1) is 0 Å². The van der Waals surface area contributed by atoms with Gasteiger partial charge in [-0.25, -0.2) is 4.79 Å². The molecule has 0 saturated carbocycles. The summed E-state index contributed by atoms with van der Waals surface area (Å²) in [5.74, 6) is 0. The summed E-state index contributed by atoms with van der Waals surface area (Å²) in [7, 11) is 3.44. The Morgan fingerprint density at radius 1 is 1.06 bits per heavy atom. The van der Waals surface area contributed by atoms with Gasteiger partial charge in [0.2, 0.25) is 0 Å². The molecule has 0 atom stereocenters. The summed E-state index contributed by atoms with van der Waals surface area (Å²) in [4.78, 5) is 13.0. The van der Waals surface area contributed by atoms with Crippen LogP contribution in [0.5, 0.6) is 0 Å². The molecular formula is C13H14N2O. The monoisotopic (exact) mass is 214 g/mol. The van der Waals surface area contributed by atoms with Crippen LogP contribution >= 0.6 is 0 Å². The quantitative estimate of drug-likeness (QED) is 0.777. The average molecular weight is 214 g/mol. The van der Waals surface area contributed by atoms with Crippen LogP contribution < -0.4 is 5.32 Å². The van der Waals surface area contributed by atoms with Gasteiger partial charge in [-0.15, -0.1) is 0 Å². The molecule has 0 aromatic heterocycles. The van der Waals surface area contributed by atoms with Crippen LogP contribution in [0.25, 0.3) is 10.8 Å². The molecule has 0 bridgehead atoms. The number of hydrogen-bond donors (Lipinski definition) is 1. The van der Waals surface area contributed by atoms with E-state index < -0.39 is 0 Å². The number of amides is 2. The zero-order chi connectivity index (χ0) is 11.5. The molecule has 16 heavy (non-hydrogen) atoms. The molecule has 1 N–H and O–H groups in total. The number of rotatable bonds is 1. The minimum Gasteiger partial charge on any atom is -0.331 e. The van der Waals surface area contributed by atoms with Crippen LogP contribution in [0.1, 0.15) is 0 Å². The fourth-order valence-corrected chi connectivity index (χ4v) is 1.50. The van der Waals surface area contributed by atoms with Gasteiger partial charge in [0.05, 0.1) is 0 Å². The fraction of sp³-hybridized carbons (Fsp3) is 0.154. The Labute approximate surface area is 94.7 Å². The van der Waals surface area contributed by atoms with Crippen LogP contribution in [0.15, 0.2) is 42.5 Å². The van der Waals surface area contributed by atoms with Crippen molar-refractivity contribution in [3.05, 3.63) is 42.5 Å². The lowest BCUT2D eigenvalue weighted by molar-refractivity contribution is 0.230. The number of nitrogens with zero attached hydrogens (tertiary/aromatic N) is 1. The highest BCUT2D eigenvalue weighted by Crippen LogP contribution is 2.18. The van der Waals surface area contributed by atoms with E-state index in [-0.39, 0.29) is 6.03 Å². The first-order valence-corrected chi connectivity index (χ1v) is 5.14. The van der Waals surface area contributed by atoms with Crippen molar-refractivity contribution < 1.29 is 4.79 Å². The second-order valence-corrected chi connectivity index (χ2v) is 3.89. The molecule has 2 aromatic rings. The molecule has 0 unspecified atom stereocenters. The topological polar surface area (TPSA) is 32.3 Å². The average Bonchev–Trinajstić information content (AvgIpc) is 2.28. The summed E-state index contributed by atoms with van der Waals surface area (Å²) in [6, 6.07) is 13.8. The van der Waals surface area contributed by atoms with Gasteiger partial charge in [0.15, 0.2) is 0 Å². The van der Waals surface area contributed by atoms with Gasteiger partial charge in [-0.3, -0.25) is 0 Å². The first kappa shape index (κ1) is 10.5. The Kier molecular flexibility index (Phi) is 2.77. The zero-order valence-corrected chi connectivity index (χ0v) is 9.40. The molecule has 2 amide bonds. The van der Waals surface area contributed by atoms with Gasteiger partial charge in [-0.2, -0.15) is 0 Å². The number of urea groups is 1. The van der Waals surface area contributed by atoms with Crippen LogP contribution in [0.4, 0.5) is 10.5 Å². The van der Waals surface area contributed by atoms with E-state index in [1.807, 2.05) is 42.5 Å². The van der Waals surface area contributed by atoms with E-state index in [0.29, 0.717) is 0 Å². The SMILES string of the molecule is CN(C)C(=O)Nc1ccc2ccccc2c1. The minimum atomic E-state index is -0.115. The molecular weight excluding hydrogens is 200 g/mol. The largest absolute Gasteiger partial charge is 0.331 e. The van der Waals surface area contributed by atoms with Gasteiger partial charge in [0, 0.05) is 19.8 Å². The van der Waals surface area contributed by atoms with Crippen molar-refractivity contribution in [2.24, 2.45) is 0 Å². The van der Waals surface area contributed by atoms with Crippen LogP contribution in [0.2, 0.25) is 0 Å². The van der Waals surface area contributed by atoms with E-state index >= 15 is 0 Å². The Hall–Kier alpha value is -2.03. The van der Waals surface area contributed by atoms with E-state index in [4.69, 9.17) is 0 Å². The molecule has 3 heteroatoms. The highest BCUT2D eigenvalue weighted by atomic mass is 16.2. The molecule has 0 spiro atoms. The fourth-order valence-electron chi connectivity index (χ4n) is 1.50. The van der Waals surface area contributed by atoms with Gasteiger partial charge in [-0.1, -0.05) is 30.3 Å². The minimum absolute atomic E-state index is 0.115. The highest BCUT2D eigenvalue weighted by molar-refractivity contribution is 5.93. The summed E-state index contributed by atoms with van der Waals surface area (Å²) < 4.78 is 0. The number of benzene rings is 2. The standard InChI is InChI=1S/C13H14N2O/c1-15(2)13(16)14-12-8-7-10-5-3-4-6-11(10)9-12/h3-9H,1-2H3,(H,14,16). The lowest BCUT2D eigenvalue weighted by atomic mass is 10.1. The highest BCUT2D eigenvalue weighted by Gasteiger charge is 2.03. The van der Waals surface area contributed by atoms with E-state index in [9.17, 15) is 4.79 Å². The molecule has 0 aliphatic carbocycles. The summed E-state index contributed by atoms with van der Waals surface area (Å²) >= 11 is 0. The lowest BCUT2D eigenvalue weighted by Gasteiger charge is -2.12. The molecule has 2 rings (SSSR count). The molecule has 2 aromatic carbocycles. The summed E-state index contributed by atoms with van der Waals surface area (Å²) in [5.41, 5.74) is 0.817. The van der Waals surface area contributed by atoms with Crippen molar-refractivity contribution in [2.75, 3.05) is 19.4 Å². The number of hydrogen-bond acceptors (Lipinski definition) is 1. The van der Waals surface area contributed by atoms with E-state index in [1.54, 1.807) is 14.1 Å². The third kappa shape index (κ3) is 2.14. The first-order valence-electron chi connectivity index (χ1n) is 5.14. The maximum absolute atomic E-state index is 11.5. The Balaban J connectivity index is 2.29. The van der Waals surface area contributed by atoms with Gasteiger partial charge in [0.1, 0.15) is 0 Å². The van der Waals surface area contributed by atoms with Crippen LogP contribution in [0.3, 0.4) is 0 Å². The Morgan fingerprint density at radius 3 is 2.44 bits per heavy atom. The van der Waals surface area contributed by atoms with Crippen LogP contribution in [-0.4, -0.2) is 25.0 Å². The zero-order valence-electron chi connectivity index (χ0n) is 9.40. The third-order valence-electron chi connectivity index (χ3n) is 2.41. The predicted molar refractivity (Wildman–Crippen MR) is 66.7 cm³/mol. The van der Waals surface area contributed by atoms with Crippen LogP contribution in [-0.2, 0) is 0 Å². The Bertz CT molecular complexity index is 520. The molecule has 0 saturated heterocycles. The maximum atomic E-state index is 11.5. The number of nitrogens with one attached hydrogen (secondary N) is 1. The van der Waals surface area contributed by atoms with Crippen molar-refractivity contribution in [1.29, 1.82) is 0 Å².